The zero-order valence-electron chi connectivity index (χ0n) is 51.4. The highest BCUT2D eigenvalue weighted by Crippen LogP contribution is 2.49. The van der Waals surface area contributed by atoms with Gasteiger partial charge in [-0.25, -0.2) is 9.59 Å². The Kier molecular flexibility index (Phi) is 26.8. The number of thioether (sulfide) groups is 1. The maximum atomic E-state index is 15.2. The van der Waals surface area contributed by atoms with Crippen LogP contribution < -0.4 is 27.0 Å². The second-order valence-electron chi connectivity index (χ2n) is 23.2. The average molecular weight is 1220 g/mol. The monoisotopic (exact) mass is 1220 g/mol. The SMILES string of the molecule is C=C(N)NCCC[C@@H](CC(=O)[C@@H](CCCCC)NC(=O)CCC(=O)[C@H](CSC(c1ccccc1)(c1ccccc1)c1ccccc1)NC(=O)OC(C)(C)C)C(=O)N[C@H](CCCCC)C(=O)OC(c1ccccc1)(c1ccc(C)cc1)c1ccccc1Cl. The third-order valence-corrected chi connectivity index (χ3v) is 17.2. The second-order valence-corrected chi connectivity index (χ2v) is 24.8. The highest BCUT2D eigenvalue weighted by atomic mass is 35.5. The van der Waals surface area contributed by atoms with E-state index < -0.39 is 69.7 Å². The van der Waals surface area contributed by atoms with Gasteiger partial charge in [0.15, 0.2) is 17.2 Å². The number of unbranched alkanes of at least 4 members (excludes halogenated alkanes) is 4. The molecule has 15 heteroatoms. The number of nitrogens with two attached hydrogens (primary N) is 1. The van der Waals surface area contributed by atoms with Crippen LogP contribution in [0.3, 0.4) is 0 Å². The van der Waals surface area contributed by atoms with Crippen molar-refractivity contribution >= 4 is 58.8 Å². The highest BCUT2D eigenvalue weighted by molar-refractivity contribution is 8.00. The molecule has 0 bridgehead atoms. The van der Waals surface area contributed by atoms with E-state index in [2.05, 4.69) is 34.8 Å². The summed E-state index contributed by atoms with van der Waals surface area (Å²) in [5.74, 6) is -3.08. The fourth-order valence-electron chi connectivity index (χ4n) is 10.8. The summed E-state index contributed by atoms with van der Waals surface area (Å²) in [6.07, 6.45) is 4.08. The first-order chi connectivity index (χ1) is 41.8. The van der Waals surface area contributed by atoms with Crippen molar-refractivity contribution in [2.45, 2.75) is 159 Å². The van der Waals surface area contributed by atoms with E-state index >= 15 is 4.79 Å². The predicted octanol–water partition coefficient (Wildman–Crippen LogP) is 14.0. The van der Waals surface area contributed by atoms with Crippen molar-refractivity contribution in [1.29, 1.82) is 0 Å². The van der Waals surface area contributed by atoms with E-state index in [1.165, 1.54) is 11.8 Å². The number of halogens is 1. The number of benzene rings is 6. The van der Waals surface area contributed by atoms with Crippen LogP contribution in [0.25, 0.3) is 0 Å². The van der Waals surface area contributed by atoms with Crippen LogP contribution in [0, 0.1) is 12.8 Å². The molecule has 6 N–H and O–H groups in total. The van der Waals surface area contributed by atoms with Crippen molar-refractivity contribution in [3.8, 4) is 0 Å². The molecule has 0 aliphatic carbocycles. The van der Waals surface area contributed by atoms with Crippen molar-refractivity contribution in [3.05, 3.63) is 226 Å². The Morgan fingerprint density at radius 1 is 0.563 bits per heavy atom. The maximum absolute atomic E-state index is 15.2. The fraction of sp³-hybridized carbons (Fsp3) is 0.389. The lowest BCUT2D eigenvalue weighted by Gasteiger charge is -2.37. The molecule has 3 amide bonds. The molecule has 0 radical (unpaired) electrons. The fourth-order valence-corrected chi connectivity index (χ4v) is 12.6. The molecule has 6 aromatic rings. The zero-order valence-corrected chi connectivity index (χ0v) is 53.0. The van der Waals surface area contributed by atoms with Gasteiger partial charge in [-0.3, -0.25) is 19.2 Å². The molecule has 0 aliphatic heterocycles. The van der Waals surface area contributed by atoms with Crippen LogP contribution in [0.5, 0.6) is 0 Å². The van der Waals surface area contributed by atoms with Crippen molar-refractivity contribution in [2.24, 2.45) is 11.7 Å². The van der Waals surface area contributed by atoms with Gasteiger partial charge in [0.25, 0.3) is 0 Å². The number of ether oxygens (including phenoxy) is 2. The summed E-state index contributed by atoms with van der Waals surface area (Å²) in [5.41, 5.74) is 9.21. The first-order valence-electron chi connectivity index (χ1n) is 30.5. The number of nitrogens with one attached hydrogen (secondary N) is 4. The van der Waals surface area contributed by atoms with Crippen molar-refractivity contribution in [2.75, 3.05) is 12.3 Å². The van der Waals surface area contributed by atoms with Gasteiger partial charge in [-0.05, 0) is 76.1 Å². The molecule has 6 rings (SSSR count). The van der Waals surface area contributed by atoms with E-state index in [0.717, 1.165) is 47.9 Å². The molecule has 6 aromatic carbocycles. The summed E-state index contributed by atoms with van der Waals surface area (Å²) in [7, 11) is 0. The molecule has 0 spiro atoms. The minimum atomic E-state index is -1.54. The highest BCUT2D eigenvalue weighted by Gasteiger charge is 2.44. The zero-order chi connectivity index (χ0) is 62.8. The largest absolute Gasteiger partial charge is 0.444 e. The molecule has 0 fully saturated rings. The Bertz CT molecular complexity index is 3070. The third kappa shape index (κ3) is 19.9. The normalized spacial score (nSPS) is 13.6. The van der Waals surface area contributed by atoms with E-state index in [0.29, 0.717) is 53.9 Å². The topological polar surface area (TPSA) is 195 Å². The molecule has 87 heavy (non-hydrogen) atoms. The molecule has 462 valence electrons. The summed E-state index contributed by atoms with van der Waals surface area (Å²) < 4.78 is 11.7. The Balaban J connectivity index is 1.25. The van der Waals surface area contributed by atoms with Crippen LogP contribution in [0.1, 0.15) is 157 Å². The number of carbonyl (C=O) groups excluding carboxylic acids is 6. The van der Waals surface area contributed by atoms with Gasteiger partial charge < -0.3 is 36.5 Å². The third-order valence-electron chi connectivity index (χ3n) is 15.2. The minimum Gasteiger partial charge on any atom is -0.444 e. The van der Waals surface area contributed by atoms with Crippen molar-refractivity contribution < 1.29 is 38.2 Å². The molecule has 1 unspecified atom stereocenters. The number of aryl methyl sites for hydroxylation is 1. The first-order valence-corrected chi connectivity index (χ1v) is 31.9. The number of amides is 3. The van der Waals surface area contributed by atoms with Gasteiger partial charge >= 0.3 is 12.1 Å². The number of Topliss-reactive ketones (excluding diaryl/α,β-unsaturated/α-hetero) is 2. The van der Waals surface area contributed by atoms with Crippen LogP contribution in [0.4, 0.5) is 4.79 Å². The molecule has 0 aliphatic rings. The quantitative estimate of drug-likeness (QED) is 0.0144. The summed E-state index contributed by atoms with van der Waals surface area (Å²) in [6.45, 7) is 15.4. The second kappa shape index (κ2) is 34.0. The average Bonchev–Trinajstić information content (AvgIpc) is 0.836. The molecule has 5 atom stereocenters. The smallest absolute Gasteiger partial charge is 0.408 e. The Labute approximate surface area is 524 Å². The van der Waals surface area contributed by atoms with Crippen molar-refractivity contribution in [1.82, 2.24) is 21.3 Å². The van der Waals surface area contributed by atoms with Crippen LogP contribution in [0.15, 0.2) is 182 Å². The van der Waals surface area contributed by atoms with Gasteiger partial charge in [0.05, 0.1) is 22.7 Å². The standard InChI is InChI=1S/C72H88ClN5O8S/c1-8-10-16-40-61(76-66(81)47-46-64(79)63(78-69(84)86-70(5,6)7)50-87-72(56-32-20-13-21-33-56,57-34-22-14-23-35-57)58-36-24-15-25-37-58)65(80)49-53(29-28-48-75-52(4)74)67(82)77-62(41-17-11-9-2)68(83)85-71(54-30-18-12-19-31-54,55-44-42-51(3)43-45-55)59-38-26-27-39-60(59)73/h12-15,18-27,30-39,42-45,53,61-63,75H,4,8-11,16-17,28-29,40-41,46-50,74H2,1-3,5-7H3,(H,76,81)(H,77,82)(H,78,84)/t53-,61+,62+,63-,71?/m0/s1. The maximum Gasteiger partial charge on any atom is 0.408 e. The molecule has 0 saturated heterocycles. The van der Waals surface area contributed by atoms with Gasteiger partial charge in [-0.15, -0.1) is 11.8 Å². The van der Waals surface area contributed by atoms with E-state index in [9.17, 15) is 24.0 Å². The van der Waals surface area contributed by atoms with Crippen LogP contribution >= 0.6 is 23.4 Å². The number of ketones is 2. The van der Waals surface area contributed by atoms with E-state index in [1.807, 2.05) is 178 Å². The molecular weight excluding hydrogens is 1130 g/mol. The number of hydrogen-bond donors (Lipinski definition) is 5. The Morgan fingerprint density at radius 2 is 1.07 bits per heavy atom. The van der Waals surface area contributed by atoms with Gasteiger partial charge in [-0.1, -0.05) is 240 Å². The molecule has 13 nitrogen and oxygen atoms in total. The summed E-state index contributed by atoms with van der Waals surface area (Å²) in [5, 5.41) is 12.2. The van der Waals surface area contributed by atoms with E-state index in [-0.39, 0.29) is 49.5 Å². The first kappa shape index (κ1) is 68.4. The van der Waals surface area contributed by atoms with Crippen molar-refractivity contribution in [3.63, 3.8) is 0 Å². The van der Waals surface area contributed by atoms with E-state index in [1.54, 1.807) is 26.8 Å². The molecule has 0 saturated carbocycles. The van der Waals surface area contributed by atoms with Crippen LogP contribution in [-0.2, 0) is 43.8 Å². The lowest BCUT2D eigenvalue weighted by molar-refractivity contribution is -0.158. The predicted molar refractivity (Wildman–Crippen MR) is 350 cm³/mol. The van der Waals surface area contributed by atoms with Gasteiger partial charge in [0.1, 0.15) is 11.6 Å². The summed E-state index contributed by atoms with van der Waals surface area (Å²) in [6, 6.07) is 51.1. The van der Waals surface area contributed by atoms with Gasteiger partial charge in [0, 0.05) is 59.2 Å². The van der Waals surface area contributed by atoms with Gasteiger partial charge in [-0.2, -0.15) is 0 Å². The Morgan fingerprint density at radius 3 is 1.59 bits per heavy atom. The Hall–Kier alpha value is -7.68. The molecule has 0 aromatic heterocycles. The number of alkyl carbamates (subject to hydrolysis) is 1. The molecular formula is C72H88ClN5O8S. The summed E-state index contributed by atoms with van der Waals surface area (Å²) >= 11 is 8.54. The number of esters is 1. The number of carbonyl (C=O) groups is 6. The van der Waals surface area contributed by atoms with Crippen LogP contribution in [-0.4, -0.2) is 71.5 Å². The van der Waals surface area contributed by atoms with E-state index in [4.69, 9.17) is 26.8 Å². The lowest BCUT2D eigenvalue weighted by atomic mass is 9.79. The van der Waals surface area contributed by atoms with Gasteiger partial charge in [0.2, 0.25) is 11.8 Å². The number of rotatable bonds is 35. The summed E-state index contributed by atoms with van der Waals surface area (Å²) in [4.78, 5) is 87.3. The van der Waals surface area contributed by atoms with Crippen LogP contribution in [0.2, 0.25) is 5.02 Å². The number of hydrogen-bond acceptors (Lipinski definition) is 11. The molecule has 0 heterocycles. The minimum absolute atomic E-state index is 0.105. The lowest BCUT2D eigenvalue weighted by Crippen LogP contribution is -2.49.